The SMILES string of the molecule is CCCCCCCCOC1(OCCCCCCCC)c2cc(Br)ccc2-c2cccc(-c3ccccc3Br)c21. The van der Waals surface area contributed by atoms with Crippen LogP contribution in [0.3, 0.4) is 0 Å². The molecule has 39 heavy (non-hydrogen) atoms. The fourth-order valence-electron chi connectivity index (χ4n) is 5.73. The number of hydrogen-bond donors (Lipinski definition) is 0. The molecular weight excluding hydrogens is 612 g/mol. The highest BCUT2D eigenvalue weighted by Crippen LogP contribution is 2.55. The normalized spacial score (nSPS) is 13.4. The average molecular weight is 657 g/mol. The third-order valence-corrected chi connectivity index (χ3v) is 8.98. The Kier molecular flexibility index (Phi) is 12.1. The van der Waals surface area contributed by atoms with Crippen LogP contribution in [0.4, 0.5) is 0 Å². The van der Waals surface area contributed by atoms with E-state index in [1.165, 1.54) is 75.3 Å². The maximum atomic E-state index is 6.99. The first-order valence-electron chi connectivity index (χ1n) is 15.1. The largest absolute Gasteiger partial charge is 0.342 e. The minimum Gasteiger partial charge on any atom is -0.342 e. The van der Waals surface area contributed by atoms with Crippen LogP contribution >= 0.6 is 31.9 Å². The smallest absolute Gasteiger partial charge is 0.224 e. The Morgan fingerprint density at radius 1 is 0.564 bits per heavy atom. The van der Waals surface area contributed by atoms with Crippen molar-refractivity contribution in [2.45, 2.75) is 96.7 Å². The van der Waals surface area contributed by atoms with Gasteiger partial charge >= 0.3 is 0 Å². The van der Waals surface area contributed by atoms with Crippen LogP contribution in [0.1, 0.15) is 102 Å². The first kappa shape index (κ1) is 30.5. The standard InChI is InChI=1S/C35H44Br2O2/c1-3-5-7-9-11-15-24-38-35(39-25-16-12-10-8-6-4-2)32-26-27(36)22-23-28(32)30-19-17-20-31(34(30)35)29-18-13-14-21-33(29)37/h13-14,17-23,26H,3-12,15-16,24-25H2,1-2H3. The molecule has 0 bridgehead atoms. The van der Waals surface area contributed by atoms with Crippen molar-refractivity contribution in [2.75, 3.05) is 13.2 Å². The molecule has 2 nitrogen and oxygen atoms in total. The third-order valence-electron chi connectivity index (χ3n) is 7.79. The molecule has 4 heteroatoms. The zero-order valence-corrected chi connectivity index (χ0v) is 26.9. The van der Waals surface area contributed by atoms with Crippen molar-refractivity contribution in [1.82, 2.24) is 0 Å². The Balaban J connectivity index is 1.69. The molecule has 0 fully saturated rings. The predicted octanol–water partition coefficient (Wildman–Crippen LogP) is 11.8. The summed E-state index contributed by atoms with van der Waals surface area (Å²) >= 11 is 7.58. The lowest BCUT2D eigenvalue weighted by Gasteiger charge is -2.34. The summed E-state index contributed by atoms with van der Waals surface area (Å²) in [5, 5.41) is 0. The van der Waals surface area contributed by atoms with Gasteiger partial charge < -0.3 is 9.47 Å². The van der Waals surface area contributed by atoms with E-state index < -0.39 is 5.79 Å². The van der Waals surface area contributed by atoms with Gasteiger partial charge in [-0.25, -0.2) is 0 Å². The van der Waals surface area contributed by atoms with Gasteiger partial charge in [-0.1, -0.05) is 152 Å². The van der Waals surface area contributed by atoms with Gasteiger partial charge in [0, 0.05) is 20.1 Å². The first-order valence-corrected chi connectivity index (χ1v) is 16.7. The van der Waals surface area contributed by atoms with Gasteiger partial charge in [0.1, 0.15) is 0 Å². The van der Waals surface area contributed by atoms with Crippen LogP contribution in [0.25, 0.3) is 22.3 Å². The first-order chi connectivity index (χ1) is 19.1. The molecule has 0 radical (unpaired) electrons. The Morgan fingerprint density at radius 3 is 1.72 bits per heavy atom. The number of rotatable bonds is 17. The molecule has 0 unspecified atom stereocenters. The van der Waals surface area contributed by atoms with Gasteiger partial charge in [-0.3, -0.25) is 0 Å². The predicted molar refractivity (Wildman–Crippen MR) is 172 cm³/mol. The molecule has 0 amide bonds. The summed E-state index contributed by atoms with van der Waals surface area (Å²) in [6.07, 6.45) is 14.8. The number of unbranched alkanes of at least 4 members (excludes halogenated alkanes) is 10. The van der Waals surface area contributed by atoms with Crippen LogP contribution in [-0.4, -0.2) is 13.2 Å². The molecular formula is C35H44Br2O2. The quantitative estimate of drug-likeness (QED) is 0.106. The Bertz CT molecular complexity index is 1170. The number of ether oxygens (including phenoxy) is 2. The minimum atomic E-state index is -0.923. The zero-order valence-electron chi connectivity index (χ0n) is 23.7. The van der Waals surface area contributed by atoms with Crippen molar-refractivity contribution in [3.05, 3.63) is 80.7 Å². The van der Waals surface area contributed by atoms with Crippen LogP contribution in [0.5, 0.6) is 0 Å². The van der Waals surface area contributed by atoms with Gasteiger partial charge in [0.15, 0.2) is 0 Å². The van der Waals surface area contributed by atoms with Gasteiger partial charge in [0.05, 0.1) is 13.2 Å². The fourth-order valence-corrected chi connectivity index (χ4v) is 6.59. The van der Waals surface area contributed by atoms with Crippen molar-refractivity contribution in [3.8, 4) is 22.3 Å². The number of hydrogen-bond acceptors (Lipinski definition) is 2. The summed E-state index contributed by atoms with van der Waals surface area (Å²) in [6, 6.07) is 21.6. The average Bonchev–Trinajstić information content (AvgIpc) is 3.21. The summed E-state index contributed by atoms with van der Waals surface area (Å²) in [6.45, 7) is 5.89. The molecule has 1 aliphatic rings. The molecule has 210 valence electrons. The summed E-state index contributed by atoms with van der Waals surface area (Å²) < 4.78 is 16.1. The molecule has 0 saturated carbocycles. The highest BCUT2D eigenvalue weighted by molar-refractivity contribution is 9.10. The highest BCUT2D eigenvalue weighted by atomic mass is 79.9. The lowest BCUT2D eigenvalue weighted by molar-refractivity contribution is -0.216. The van der Waals surface area contributed by atoms with Gasteiger partial charge in [-0.2, -0.15) is 0 Å². The molecule has 0 atom stereocenters. The van der Waals surface area contributed by atoms with Crippen molar-refractivity contribution in [3.63, 3.8) is 0 Å². The maximum Gasteiger partial charge on any atom is 0.224 e. The van der Waals surface area contributed by atoms with Crippen LogP contribution in [-0.2, 0) is 15.3 Å². The van der Waals surface area contributed by atoms with E-state index in [4.69, 9.17) is 9.47 Å². The van der Waals surface area contributed by atoms with Crippen molar-refractivity contribution in [2.24, 2.45) is 0 Å². The molecule has 1 aliphatic carbocycles. The Hall–Kier alpha value is -1.46. The van der Waals surface area contributed by atoms with Gasteiger partial charge in [0.25, 0.3) is 0 Å². The second kappa shape index (κ2) is 15.5. The molecule has 3 aromatic carbocycles. The topological polar surface area (TPSA) is 18.5 Å². The molecule has 0 heterocycles. The van der Waals surface area contributed by atoms with Crippen LogP contribution < -0.4 is 0 Å². The molecule has 3 aromatic rings. The van der Waals surface area contributed by atoms with E-state index in [-0.39, 0.29) is 0 Å². The van der Waals surface area contributed by atoms with Crippen molar-refractivity contribution < 1.29 is 9.47 Å². The summed E-state index contributed by atoms with van der Waals surface area (Å²) in [4.78, 5) is 0. The van der Waals surface area contributed by atoms with Crippen molar-refractivity contribution >= 4 is 31.9 Å². The van der Waals surface area contributed by atoms with Crippen LogP contribution in [0.15, 0.2) is 69.6 Å². The van der Waals surface area contributed by atoms with E-state index in [9.17, 15) is 0 Å². The Labute approximate surface area is 253 Å². The number of benzene rings is 3. The Morgan fingerprint density at radius 2 is 1.10 bits per heavy atom. The van der Waals surface area contributed by atoms with E-state index in [0.29, 0.717) is 13.2 Å². The lowest BCUT2D eigenvalue weighted by Crippen LogP contribution is -2.34. The maximum absolute atomic E-state index is 6.99. The van der Waals surface area contributed by atoms with Gasteiger partial charge in [-0.05, 0) is 53.3 Å². The summed E-state index contributed by atoms with van der Waals surface area (Å²) in [5.41, 5.74) is 6.99. The van der Waals surface area contributed by atoms with E-state index >= 15 is 0 Å². The van der Waals surface area contributed by atoms with Crippen molar-refractivity contribution in [1.29, 1.82) is 0 Å². The zero-order chi connectivity index (χ0) is 27.5. The molecule has 0 aliphatic heterocycles. The summed E-state index contributed by atoms with van der Waals surface area (Å²) in [7, 11) is 0. The lowest BCUT2D eigenvalue weighted by atomic mass is 9.92. The monoisotopic (exact) mass is 654 g/mol. The van der Waals surface area contributed by atoms with Crippen LogP contribution in [0.2, 0.25) is 0 Å². The van der Waals surface area contributed by atoms with E-state index in [2.05, 4.69) is 106 Å². The van der Waals surface area contributed by atoms with E-state index in [0.717, 1.165) is 44.0 Å². The summed E-state index contributed by atoms with van der Waals surface area (Å²) in [5.74, 6) is -0.923. The second-order valence-electron chi connectivity index (χ2n) is 10.7. The minimum absolute atomic E-state index is 0.679. The molecule has 4 rings (SSSR count). The van der Waals surface area contributed by atoms with E-state index in [1.54, 1.807) is 0 Å². The molecule has 0 saturated heterocycles. The van der Waals surface area contributed by atoms with Gasteiger partial charge in [0.2, 0.25) is 5.79 Å². The second-order valence-corrected chi connectivity index (χ2v) is 12.5. The number of fused-ring (bicyclic) bond motifs is 3. The number of halogens is 2. The molecule has 0 N–H and O–H groups in total. The molecule has 0 spiro atoms. The molecule has 0 aromatic heterocycles. The van der Waals surface area contributed by atoms with Gasteiger partial charge in [-0.15, -0.1) is 0 Å². The highest BCUT2D eigenvalue weighted by Gasteiger charge is 2.47. The van der Waals surface area contributed by atoms with Crippen LogP contribution in [0, 0.1) is 0 Å². The fraction of sp³-hybridized carbons (Fsp3) is 0.486. The van der Waals surface area contributed by atoms with E-state index in [1.807, 2.05) is 0 Å². The third kappa shape index (κ3) is 7.44.